The van der Waals surface area contributed by atoms with E-state index in [9.17, 15) is 15.0 Å². The molecule has 28 heavy (non-hydrogen) atoms. The number of hydrogen-bond donors (Lipinski definition) is 2. The van der Waals surface area contributed by atoms with E-state index in [4.69, 9.17) is 4.74 Å². The summed E-state index contributed by atoms with van der Waals surface area (Å²) in [5.41, 5.74) is 1.99. The highest BCUT2D eigenvalue weighted by atomic mass is 16.5. The number of likely N-dealkylation sites (tertiary alicyclic amines) is 1. The molecule has 1 amide bonds. The van der Waals surface area contributed by atoms with Crippen LogP contribution in [-0.4, -0.2) is 71.4 Å². The van der Waals surface area contributed by atoms with Crippen LogP contribution < -0.4 is 4.74 Å². The van der Waals surface area contributed by atoms with E-state index in [-0.39, 0.29) is 18.6 Å². The van der Waals surface area contributed by atoms with Gasteiger partial charge in [-0.05, 0) is 63.4 Å². The number of likely N-dealkylation sites (N-methyl/N-ethyl adjacent to an activating group) is 1. The summed E-state index contributed by atoms with van der Waals surface area (Å²) in [5, 5.41) is 19.1. The van der Waals surface area contributed by atoms with Gasteiger partial charge in [0.25, 0.3) is 0 Å². The van der Waals surface area contributed by atoms with E-state index >= 15 is 0 Å². The third-order valence-corrected chi connectivity index (χ3v) is 5.73. The van der Waals surface area contributed by atoms with Gasteiger partial charge in [-0.1, -0.05) is 13.0 Å². The smallest absolute Gasteiger partial charge is 0.222 e. The Morgan fingerprint density at radius 1 is 1.36 bits per heavy atom. The van der Waals surface area contributed by atoms with Crippen LogP contribution in [0.4, 0.5) is 0 Å². The first-order chi connectivity index (χ1) is 13.5. The Kier molecular flexibility index (Phi) is 9.22. The van der Waals surface area contributed by atoms with Crippen LogP contribution in [-0.2, 0) is 17.8 Å². The summed E-state index contributed by atoms with van der Waals surface area (Å²) in [6.07, 6.45) is 3.45. The zero-order valence-corrected chi connectivity index (χ0v) is 17.6. The molecular formula is C22H36N2O4. The second-order valence-electron chi connectivity index (χ2n) is 7.70. The molecule has 0 saturated carbocycles. The van der Waals surface area contributed by atoms with Crippen molar-refractivity contribution in [2.75, 3.05) is 33.3 Å². The first-order valence-electron chi connectivity index (χ1n) is 10.4. The normalized spacial score (nSPS) is 16.4. The molecule has 1 unspecified atom stereocenters. The zero-order valence-electron chi connectivity index (χ0n) is 17.6. The average molecular weight is 393 g/mol. The van der Waals surface area contributed by atoms with Gasteiger partial charge >= 0.3 is 0 Å². The Hall–Kier alpha value is -1.63. The maximum Gasteiger partial charge on any atom is 0.222 e. The van der Waals surface area contributed by atoms with E-state index in [0.717, 1.165) is 37.2 Å². The summed E-state index contributed by atoms with van der Waals surface area (Å²) in [5.74, 6) is 0.924. The van der Waals surface area contributed by atoms with Crippen LogP contribution in [0.2, 0.25) is 0 Å². The predicted molar refractivity (Wildman–Crippen MR) is 110 cm³/mol. The lowest BCUT2D eigenvalue weighted by molar-refractivity contribution is -0.133. The van der Waals surface area contributed by atoms with Gasteiger partial charge in [-0.25, -0.2) is 0 Å². The van der Waals surface area contributed by atoms with E-state index in [0.29, 0.717) is 38.4 Å². The molecule has 1 aromatic rings. The molecule has 6 nitrogen and oxygen atoms in total. The largest absolute Gasteiger partial charge is 0.496 e. The number of methoxy groups -OCH3 is 1. The van der Waals surface area contributed by atoms with E-state index < -0.39 is 0 Å². The number of rotatable bonds is 10. The minimum absolute atomic E-state index is 0.0292. The van der Waals surface area contributed by atoms with E-state index in [2.05, 4.69) is 24.8 Å². The Labute approximate surface area is 169 Å². The molecule has 2 rings (SSSR count). The number of carbonyl (C=O) groups is 1. The molecule has 1 heterocycles. The molecule has 0 aromatic heterocycles. The summed E-state index contributed by atoms with van der Waals surface area (Å²) in [6, 6.07) is 6.33. The fraction of sp³-hybridized carbons (Fsp3) is 0.682. The Morgan fingerprint density at radius 2 is 2.07 bits per heavy atom. The van der Waals surface area contributed by atoms with Crippen LogP contribution in [0.15, 0.2) is 18.2 Å². The summed E-state index contributed by atoms with van der Waals surface area (Å²) in [4.78, 5) is 16.6. The molecule has 1 aliphatic rings. The van der Waals surface area contributed by atoms with Gasteiger partial charge in [0, 0.05) is 31.1 Å². The fourth-order valence-electron chi connectivity index (χ4n) is 3.95. The van der Waals surface area contributed by atoms with Crippen molar-refractivity contribution in [3.05, 3.63) is 29.3 Å². The van der Waals surface area contributed by atoms with Gasteiger partial charge in [0.2, 0.25) is 5.91 Å². The number of piperidine rings is 1. The molecule has 1 atom stereocenters. The van der Waals surface area contributed by atoms with Gasteiger partial charge in [0.05, 0.1) is 19.8 Å². The highest BCUT2D eigenvalue weighted by Gasteiger charge is 2.21. The third kappa shape index (κ3) is 6.47. The summed E-state index contributed by atoms with van der Waals surface area (Å²) >= 11 is 0. The maximum absolute atomic E-state index is 12.4. The Morgan fingerprint density at radius 3 is 2.68 bits per heavy atom. The highest BCUT2D eigenvalue weighted by Crippen LogP contribution is 2.21. The van der Waals surface area contributed by atoms with Crippen LogP contribution in [0.5, 0.6) is 5.75 Å². The van der Waals surface area contributed by atoms with Crippen molar-refractivity contribution in [2.24, 2.45) is 0 Å². The maximum atomic E-state index is 12.4. The van der Waals surface area contributed by atoms with Gasteiger partial charge in [0.1, 0.15) is 5.75 Å². The molecule has 6 heteroatoms. The number of amides is 1. The lowest BCUT2D eigenvalue weighted by atomic mass is 10.0. The van der Waals surface area contributed by atoms with Gasteiger partial charge in [-0.2, -0.15) is 0 Å². The molecule has 1 fully saturated rings. The monoisotopic (exact) mass is 392 g/mol. The minimum Gasteiger partial charge on any atom is -0.496 e. The van der Waals surface area contributed by atoms with Crippen molar-refractivity contribution in [3.8, 4) is 5.75 Å². The first-order valence-corrected chi connectivity index (χ1v) is 10.4. The molecular weight excluding hydrogens is 356 g/mol. The van der Waals surface area contributed by atoms with Gasteiger partial charge in [-0.15, -0.1) is 0 Å². The van der Waals surface area contributed by atoms with E-state index in [1.165, 1.54) is 5.56 Å². The molecule has 0 aliphatic carbocycles. The first kappa shape index (κ1) is 22.7. The standard InChI is InChI=1S/C22H36N2O4/c1-4-23(11-5-6-22(27)24-12-9-20(26)10-13-24)17(2)14-18-7-8-21(28-3)19(15-18)16-25/h7-8,15,17,20,25-26H,4-6,9-14,16H2,1-3H3. The molecule has 0 spiro atoms. The third-order valence-electron chi connectivity index (χ3n) is 5.73. The van der Waals surface area contributed by atoms with Gasteiger partial charge in [-0.3, -0.25) is 4.79 Å². The number of ether oxygens (including phenoxy) is 1. The summed E-state index contributed by atoms with van der Waals surface area (Å²) in [7, 11) is 1.61. The lowest BCUT2D eigenvalue weighted by Crippen LogP contribution is -2.40. The SMILES string of the molecule is CCN(CCCC(=O)N1CCC(O)CC1)C(C)Cc1ccc(OC)c(CO)c1. The molecule has 1 aliphatic heterocycles. The lowest BCUT2D eigenvalue weighted by Gasteiger charge is -2.31. The van der Waals surface area contributed by atoms with Crippen LogP contribution in [0.3, 0.4) is 0 Å². The second-order valence-corrected chi connectivity index (χ2v) is 7.70. The number of carbonyl (C=O) groups excluding carboxylic acids is 1. The Bertz CT molecular complexity index is 615. The van der Waals surface area contributed by atoms with Crippen LogP contribution >= 0.6 is 0 Å². The molecule has 1 saturated heterocycles. The van der Waals surface area contributed by atoms with Crippen molar-refractivity contribution in [1.82, 2.24) is 9.80 Å². The quantitative estimate of drug-likeness (QED) is 0.639. The second kappa shape index (κ2) is 11.4. The number of nitrogens with zero attached hydrogens (tertiary/aromatic N) is 2. The summed E-state index contributed by atoms with van der Waals surface area (Å²) < 4.78 is 5.28. The molecule has 0 bridgehead atoms. The number of aliphatic hydroxyl groups excluding tert-OH is 2. The number of hydrogen-bond acceptors (Lipinski definition) is 5. The van der Waals surface area contributed by atoms with E-state index in [1.54, 1.807) is 7.11 Å². The van der Waals surface area contributed by atoms with Crippen LogP contribution in [0.1, 0.15) is 50.7 Å². The highest BCUT2D eigenvalue weighted by molar-refractivity contribution is 5.76. The summed E-state index contributed by atoms with van der Waals surface area (Å²) in [6.45, 7) is 7.52. The molecule has 1 aromatic carbocycles. The number of aliphatic hydroxyl groups is 2. The number of benzene rings is 1. The van der Waals surface area contributed by atoms with E-state index in [1.807, 2.05) is 17.0 Å². The molecule has 158 valence electrons. The van der Waals surface area contributed by atoms with Crippen LogP contribution in [0.25, 0.3) is 0 Å². The van der Waals surface area contributed by atoms with Crippen molar-refractivity contribution >= 4 is 5.91 Å². The zero-order chi connectivity index (χ0) is 20.5. The van der Waals surface area contributed by atoms with Crippen LogP contribution in [0, 0.1) is 0 Å². The predicted octanol–water partition coefficient (Wildman–Crippen LogP) is 2.20. The van der Waals surface area contributed by atoms with Crippen molar-refractivity contribution < 1.29 is 19.7 Å². The fourth-order valence-corrected chi connectivity index (χ4v) is 3.95. The topological polar surface area (TPSA) is 73.2 Å². The Balaban J connectivity index is 1.81. The van der Waals surface area contributed by atoms with Crippen molar-refractivity contribution in [2.45, 2.75) is 64.7 Å². The minimum atomic E-state index is -0.246. The molecule has 2 N–H and O–H groups in total. The van der Waals surface area contributed by atoms with Crippen molar-refractivity contribution in [1.29, 1.82) is 0 Å². The average Bonchev–Trinajstić information content (AvgIpc) is 2.71. The van der Waals surface area contributed by atoms with Gasteiger partial charge in [0.15, 0.2) is 0 Å². The molecule has 0 radical (unpaired) electrons. The van der Waals surface area contributed by atoms with Crippen molar-refractivity contribution in [3.63, 3.8) is 0 Å². The van der Waals surface area contributed by atoms with Gasteiger partial charge < -0.3 is 24.7 Å².